The van der Waals surface area contributed by atoms with Crippen LogP contribution in [-0.4, -0.2) is 56.1 Å². The number of allylic oxidation sites excluding steroid dienone is 2. The van der Waals surface area contributed by atoms with Crippen LogP contribution in [0, 0.1) is 18.7 Å². The molecular weight excluding hydrogens is 491 g/mol. The number of imidazole rings is 1. The summed E-state index contributed by atoms with van der Waals surface area (Å²) in [5, 5.41) is 0. The van der Waals surface area contributed by atoms with Gasteiger partial charge in [-0.15, -0.1) is 0 Å². The molecule has 7 nitrogen and oxygen atoms in total. The number of hydrogen-bond donors (Lipinski definition) is 0. The summed E-state index contributed by atoms with van der Waals surface area (Å²) in [7, 11) is 1.55. The number of benzene rings is 1. The fraction of sp³-hybridized carbons (Fsp3) is 0.419. The lowest BCUT2D eigenvalue weighted by molar-refractivity contribution is 0.0870. The molecule has 0 N–H and O–H groups in total. The monoisotopic (exact) mass is 524 g/mol. The first-order valence-corrected chi connectivity index (χ1v) is 13.9. The molecule has 3 aliphatic heterocycles. The van der Waals surface area contributed by atoms with Gasteiger partial charge in [0, 0.05) is 36.0 Å². The van der Waals surface area contributed by atoms with Crippen LogP contribution in [0.4, 0.5) is 4.39 Å². The number of methoxy groups -OCH3 is 1. The van der Waals surface area contributed by atoms with Crippen LogP contribution in [0.5, 0.6) is 6.01 Å². The molecule has 4 aliphatic rings. The molecule has 0 saturated carbocycles. The molecule has 2 atom stereocenters. The largest absolute Gasteiger partial charge is 0.467 e. The number of aryl methyl sites for hydroxylation is 1. The Morgan fingerprint density at radius 1 is 1.03 bits per heavy atom. The van der Waals surface area contributed by atoms with Crippen molar-refractivity contribution in [3.8, 4) is 17.4 Å². The van der Waals surface area contributed by atoms with Crippen LogP contribution < -0.4 is 4.74 Å². The molecule has 1 aliphatic carbocycles. The van der Waals surface area contributed by atoms with Gasteiger partial charge in [-0.05, 0) is 81.3 Å². The van der Waals surface area contributed by atoms with E-state index in [9.17, 15) is 0 Å². The normalized spacial score (nSPS) is 24.1. The second-order valence-electron chi connectivity index (χ2n) is 11.4. The number of nitrogens with zero attached hydrogens (tertiary/aromatic N) is 6. The van der Waals surface area contributed by atoms with Gasteiger partial charge >= 0.3 is 6.01 Å². The third kappa shape index (κ3) is 4.31. The molecule has 3 saturated heterocycles. The molecule has 0 spiro atoms. The third-order valence-corrected chi connectivity index (χ3v) is 8.89. The Morgan fingerprint density at radius 2 is 1.85 bits per heavy atom. The van der Waals surface area contributed by atoms with E-state index in [1.165, 1.54) is 31.5 Å². The van der Waals surface area contributed by atoms with Crippen molar-refractivity contribution in [2.45, 2.75) is 51.5 Å². The van der Waals surface area contributed by atoms with E-state index in [1.807, 2.05) is 30.0 Å². The summed E-state index contributed by atoms with van der Waals surface area (Å²) in [6, 6.07) is 8.24. The van der Waals surface area contributed by atoms with E-state index in [2.05, 4.69) is 45.0 Å². The van der Waals surface area contributed by atoms with Gasteiger partial charge in [0.25, 0.3) is 0 Å². The van der Waals surface area contributed by atoms with Gasteiger partial charge in [-0.1, -0.05) is 23.8 Å². The summed E-state index contributed by atoms with van der Waals surface area (Å²) in [6.45, 7) is 7.73. The van der Waals surface area contributed by atoms with Gasteiger partial charge in [0.1, 0.15) is 17.2 Å². The number of fused-ring (bicyclic) bond motifs is 4. The topological polar surface area (TPSA) is 69.0 Å². The molecule has 3 fully saturated rings. The van der Waals surface area contributed by atoms with Crippen LogP contribution in [0.1, 0.15) is 60.4 Å². The highest BCUT2D eigenvalue weighted by Gasteiger charge is 2.35. The van der Waals surface area contributed by atoms with Crippen molar-refractivity contribution in [3.63, 3.8) is 0 Å². The zero-order valence-electron chi connectivity index (χ0n) is 22.7. The Labute approximate surface area is 227 Å². The molecule has 2 unspecified atom stereocenters. The first-order chi connectivity index (χ1) is 19.0. The lowest BCUT2D eigenvalue weighted by Gasteiger charge is -2.45. The third-order valence-electron chi connectivity index (χ3n) is 8.89. The Kier molecular flexibility index (Phi) is 5.95. The number of pyridine rings is 1. The van der Waals surface area contributed by atoms with Crippen LogP contribution in [0.15, 0.2) is 48.3 Å². The molecule has 4 aromatic rings. The lowest BCUT2D eigenvalue weighted by Crippen LogP contribution is -2.46. The fourth-order valence-electron chi connectivity index (χ4n) is 6.66. The van der Waals surface area contributed by atoms with Crippen LogP contribution in [-0.2, 0) is 6.54 Å². The maximum absolute atomic E-state index is 15.7. The first kappa shape index (κ1) is 24.4. The van der Waals surface area contributed by atoms with Crippen molar-refractivity contribution in [1.82, 2.24) is 29.4 Å². The fourth-order valence-corrected chi connectivity index (χ4v) is 6.66. The molecule has 0 radical (unpaired) electrons. The van der Waals surface area contributed by atoms with Crippen molar-refractivity contribution < 1.29 is 9.13 Å². The molecule has 8 rings (SSSR count). The van der Waals surface area contributed by atoms with Gasteiger partial charge in [-0.3, -0.25) is 4.98 Å². The minimum atomic E-state index is -0.184. The van der Waals surface area contributed by atoms with Crippen LogP contribution in [0.3, 0.4) is 0 Å². The van der Waals surface area contributed by atoms with E-state index in [1.54, 1.807) is 13.2 Å². The van der Waals surface area contributed by atoms with Crippen LogP contribution >= 0.6 is 0 Å². The van der Waals surface area contributed by atoms with Gasteiger partial charge < -0.3 is 14.2 Å². The highest BCUT2D eigenvalue weighted by Crippen LogP contribution is 2.40. The molecule has 200 valence electrons. The molecule has 39 heavy (non-hydrogen) atoms. The average molecular weight is 525 g/mol. The summed E-state index contributed by atoms with van der Waals surface area (Å²) >= 11 is 0. The smallest absolute Gasteiger partial charge is 0.318 e. The summed E-state index contributed by atoms with van der Waals surface area (Å²) in [5.41, 5.74) is 7.18. The Balaban J connectivity index is 1.29. The van der Waals surface area contributed by atoms with Gasteiger partial charge in [-0.2, -0.15) is 9.97 Å². The van der Waals surface area contributed by atoms with Crippen molar-refractivity contribution >= 4 is 11.2 Å². The second kappa shape index (κ2) is 9.52. The second-order valence-corrected chi connectivity index (χ2v) is 11.4. The van der Waals surface area contributed by atoms with E-state index >= 15 is 4.39 Å². The van der Waals surface area contributed by atoms with Crippen molar-refractivity contribution in [3.05, 3.63) is 76.5 Å². The molecule has 2 bridgehead atoms. The van der Waals surface area contributed by atoms with E-state index in [0.29, 0.717) is 46.9 Å². The molecule has 3 aromatic heterocycles. The molecule has 6 heterocycles. The van der Waals surface area contributed by atoms with Crippen molar-refractivity contribution in [2.24, 2.45) is 5.92 Å². The van der Waals surface area contributed by atoms with Crippen LogP contribution in [0.2, 0.25) is 0 Å². The first-order valence-electron chi connectivity index (χ1n) is 13.9. The Hall–Kier alpha value is -3.65. The summed E-state index contributed by atoms with van der Waals surface area (Å²) < 4.78 is 23.1. The van der Waals surface area contributed by atoms with Crippen LogP contribution in [0.25, 0.3) is 22.6 Å². The quantitative estimate of drug-likeness (QED) is 0.304. The SMILES string of the molecule is COc1nc(C)c2nc(-c3cncc(C4C=C(C)C4)c3)n(Cc3ccc(C4CN5CCC4CC5)cc3F)c2n1. The highest BCUT2D eigenvalue weighted by atomic mass is 19.1. The van der Waals surface area contributed by atoms with Gasteiger partial charge in [0.2, 0.25) is 0 Å². The minimum Gasteiger partial charge on any atom is -0.467 e. The summed E-state index contributed by atoms with van der Waals surface area (Å²) in [6.07, 6.45) is 9.48. The highest BCUT2D eigenvalue weighted by molar-refractivity contribution is 5.79. The van der Waals surface area contributed by atoms with E-state index in [4.69, 9.17) is 9.72 Å². The van der Waals surface area contributed by atoms with E-state index in [-0.39, 0.29) is 11.8 Å². The number of aromatic nitrogens is 5. The zero-order valence-corrected chi connectivity index (χ0v) is 22.7. The number of piperidine rings is 3. The summed E-state index contributed by atoms with van der Waals surface area (Å²) in [5.74, 6) is 1.96. The predicted octanol–water partition coefficient (Wildman–Crippen LogP) is 5.64. The molecule has 0 amide bonds. The minimum absolute atomic E-state index is 0.184. The lowest BCUT2D eigenvalue weighted by atomic mass is 9.75. The predicted molar refractivity (Wildman–Crippen MR) is 148 cm³/mol. The van der Waals surface area contributed by atoms with Gasteiger partial charge in [0.05, 0.1) is 19.3 Å². The zero-order chi connectivity index (χ0) is 26.7. The van der Waals surface area contributed by atoms with Crippen molar-refractivity contribution in [1.29, 1.82) is 0 Å². The molecule has 8 heteroatoms. The Morgan fingerprint density at radius 3 is 2.54 bits per heavy atom. The van der Waals surface area contributed by atoms with E-state index < -0.39 is 0 Å². The summed E-state index contributed by atoms with van der Waals surface area (Å²) in [4.78, 5) is 21.1. The number of ether oxygens (including phenoxy) is 1. The average Bonchev–Trinajstić information content (AvgIpc) is 3.31. The molecular formula is C31H33FN6O. The van der Waals surface area contributed by atoms with Crippen molar-refractivity contribution in [2.75, 3.05) is 26.7 Å². The van der Waals surface area contributed by atoms with Gasteiger partial charge in [0.15, 0.2) is 5.65 Å². The Bertz CT molecular complexity index is 1600. The maximum atomic E-state index is 15.7. The van der Waals surface area contributed by atoms with Gasteiger partial charge in [-0.25, -0.2) is 9.37 Å². The number of rotatable bonds is 6. The number of halogens is 1. The standard InChI is InChI=1S/C31H33FN6O/c1-18-10-23(11-18)24-12-25(15-33-14-24)29-35-28-19(2)34-31(39-3)36-30(28)38(29)16-22-5-4-21(13-27(22)32)26-17-37-8-6-20(26)7-9-37/h4-5,10,12-15,20,23,26H,6-9,11,16-17H2,1-3H3. The molecule has 1 aromatic carbocycles. The maximum Gasteiger partial charge on any atom is 0.318 e. The number of hydrogen-bond acceptors (Lipinski definition) is 6. The van der Waals surface area contributed by atoms with E-state index in [0.717, 1.165) is 35.3 Å².